The van der Waals surface area contributed by atoms with Crippen molar-refractivity contribution < 1.29 is 8.81 Å². The number of hydrogen-bond donors (Lipinski definition) is 1. The third-order valence-electron chi connectivity index (χ3n) is 2.51. The Hall–Kier alpha value is -1.26. The third kappa shape index (κ3) is 3.35. The summed E-state index contributed by atoms with van der Waals surface area (Å²) in [5.74, 6) is 0.638. The highest BCUT2D eigenvalue weighted by molar-refractivity contribution is 7.99. The van der Waals surface area contributed by atoms with Crippen LogP contribution >= 0.6 is 11.8 Å². The van der Waals surface area contributed by atoms with Crippen molar-refractivity contribution >= 4 is 11.8 Å². The molecular weight excluding hydrogens is 237 g/mol. The molecule has 0 aliphatic carbocycles. The molecule has 0 saturated carbocycles. The highest BCUT2D eigenvalue weighted by Crippen LogP contribution is 2.25. The van der Waals surface area contributed by atoms with E-state index in [1.54, 1.807) is 36.4 Å². The molecule has 0 radical (unpaired) electrons. The molecular formula is C13H14FNOS. The summed E-state index contributed by atoms with van der Waals surface area (Å²) in [6, 6.07) is 8.79. The SMILES string of the molecule is CNC(CSc1cccc(F)c1)c1ccoc1. The summed E-state index contributed by atoms with van der Waals surface area (Å²) in [6.07, 6.45) is 3.39. The number of rotatable bonds is 5. The zero-order chi connectivity index (χ0) is 12.1. The lowest BCUT2D eigenvalue weighted by atomic mass is 10.2. The third-order valence-corrected chi connectivity index (χ3v) is 3.59. The number of halogens is 1. The van der Waals surface area contributed by atoms with Crippen molar-refractivity contribution in [2.45, 2.75) is 10.9 Å². The molecule has 1 aromatic carbocycles. The van der Waals surface area contributed by atoms with E-state index in [0.717, 1.165) is 16.2 Å². The van der Waals surface area contributed by atoms with Crippen molar-refractivity contribution in [3.8, 4) is 0 Å². The Morgan fingerprint density at radius 3 is 2.94 bits per heavy atom. The van der Waals surface area contributed by atoms with E-state index in [0.29, 0.717) is 0 Å². The van der Waals surface area contributed by atoms with E-state index in [2.05, 4.69) is 5.32 Å². The lowest BCUT2D eigenvalue weighted by Gasteiger charge is -2.13. The molecule has 1 atom stereocenters. The van der Waals surface area contributed by atoms with Crippen LogP contribution in [0.2, 0.25) is 0 Å². The van der Waals surface area contributed by atoms with E-state index in [1.807, 2.05) is 19.2 Å². The second-order valence-corrected chi connectivity index (χ2v) is 4.76. The highest BCUT2D eigenvalue weighted by Gasteiger charge is 2.10. The van der Waals surface area contributed by atoms with E-state index in [4.69, 9.17) is 4.42 Å². The van der Waals surface area contributed by atoms with Crippen LogP contribution in [0.1, 0.15) is 11.6 Å². The molecule has 1 N–H and O–H groups in total. The zero-order valence-corrected chi connectivity index (χ0v) is 10.3. The first-order chi connectivity index (χ1) is 8.29. The van der Waals surface area contributed by atoms with Gasteiger partial charge < -0.3 is 9.73 Å². The maximum Gasteiger partial charge on any atom is 0.124 e. The monoisotopic (exact) mass is 251 g/mol. The molecule has 0 aliphatic rings. The van der Waals surface area contributed by atoms with Gasteiger partial charge in [-0.1, -0.05) is 6.07 Å². The lowest BCUT2D eigenvalue weighted by Crippen LogP contribution is -2.17. The van der Waals surface area contributed by atoms with E-state index < -0.39 is 0 Å². The first-order valence-corrected chi connectivity index (χ1v) is 6.36. The fraction of sp³-hybridized carbons (Fsp3) is 0.231. The van der Waals surface area contributed by atoms with Gasteiger partial charge in [-0.15, -0.1) is 11.8 Å². The summed E-state index contributed by atoms with van der Waals surface area (Å²) >= 11 is 1.62. The van der Waals surface area contributed by atoms with Crippen LogP contribution in [0.3, 0.4) is 0 Å². The van der Waals surface area contributed by atoms with Crippen LogP contribution in [0.15, 0.2) is 52.2 Å². The van der Waals surface area contributed by atoms with Crippen LogP contribution in [0.4, 0.5) is 4.39 Å². The van der Waals surface area contributed by atoms with Crippen molar-refractivity contribution in [3.05, 3.63) is 54.2 Å². The van der Waals surface area contributed by atoms with E-state index >= 15 is 0 Å². The van der Waals surface area contributed by atoms with Crippen molar-refractivity contribution in [1.82, 2.24) is 5.32 Å². The predicted octanol–water partition coefficient (Wildman–Crippen LogP) is 3.47. The predicted molar refractivity (Wildman–Crippen MR) is 67.6 cm³/mol. The first-order valence-electron chi connectivity index (χ1n) is 5.37. The summed E-state index contributed by atoms with van der Waals surface area (Å²) in [5.41, 5.74) is 1.11. The van der Waals surface area contributed by atoms with Crippen molar-refractivity contribution in [1.29, 1.82) is 0 Å². The van der Waals surface area contributed by atoms with Gasteiger partial charge in [0.1, 0.15) is 5.82 Å². The molecule has 0 spiro atoms. The van der Waals surface area contributed by atoms with Crippen molar-refractivity contribution in [2.75, 3.05) is 12.8 Å². The molecule has 0 bridgehead atoms. The molecule has 2 rings (SSSR count). The van der Waals surface area contributed by atoms with Gasteiger partial charge in [0.05, 0.1) is 12.5 Å². The van der Waals surface area contributed by atoms with E-state index in [-0.39, 0.29) is 11.9 Å². The Morgan fingerprint density at radius 2 is 2.29 bits per heavy atom. The molecule has 0 amide bonds. The van der Waals surface area contributed by atoms with Gasteiger partial charge >= 0.3 is 0 Å². The van der Waals surface area contributed by atoms with Crippen LogP contribution in [0.5, 0.6) is 0 Å². The quantitative estimate of drug-likeness (QED) is 0.824. The minimum Gasteiger partial charge on any atom is -0.472 e. The molecule has 90 valence electrons. The van der Waals surface area contributed by atoms with Crippen LogP contribution in [0, 0.1) is 5.82 Å². The van der Waals surface area contributed by atoms with Gasteiger partial charge in [-0.3, -0.25) is 0 Å². The summed E-state index contributed by atoms with van der Waals surface area (Å²) in [5, 5.41) is 3.21. The molecule has 1 unspecified atom stereocenters. The zero-order valence-electron chi connectivity index (χ0n) is 9.52. The number of nitrogens with one attached hydrogen (secondary N) is 1. The summed E-state index contributed by atoms with van der Waals surface area (Å²) in [7, 11) is 1.91. The minimum absolute atomic E-state index is 0.195. The molecule has 1 aromatic heterocycles. The molecule has 0 fully saturated rings. The normalized spacial score (nSPS) is 12.6. The number of furan rings is 1. The lowest BCUT2D eigenvalue weighted by molar-refractivity contribution is 0.555. The Morgan fingerprint density at radius 1 is 1.41 bits per heavy atom. The Kier molecular flexibility index (Phi) is 4.23. The molecule has 17 heavy (non-hydrogen) atoms. The van der Waals surface area contributed by atoms with Gasteiger partial charge in [-0.05, 0) is 31.3 Å². The van der Waals surface area contributed by atoms with E-state index in [1.165, 1.54) is 6.07 Å². The topological polar surface area (TPSA) is 25.2 Å². The Bertz CT molecular complexity index is 458. The number of benzene rings is 1. The van der Waals surface area contributed by atoms with Gasteiger partial charge in [0.25, 0.3) is 0 Å². The van der Waals surface area contributed by atoms with Gasteiger partial charge in [0.2, 0.25) is 0 Å². The van der Waals surface area contributed by atoms with Crippen LogP contribution in [-0.2, 0) is 0 Å². The summed E-state index contributed by atoms with van der Waals surface area (Å²) < 4.78 is 18.1. The molecule has 0 saturated heterocycles. The van der Waals surface area contributed by atoms with Crippen molar-refractivity contribution in [3.63, 3.8) is 0 Å². The molecule has 1 heterocycles. The second-order valence-electron chi connectivity index (χ2n) is 3.67. The van der Waals surface area contributed by atoms with Gasteiger partial charge in [0, 0.05) is 22.3 Å². The maximum atomic E-state index is 13.0. The molecule has 2 nitrogen and oxygen atoms in total. The fourth-order valence-electron chi connectivity index (χ4n) is 1.56. The largest absolute Gasteiger partial charge is 0.472 e. The number of hydrogen-bond acceptors (Lipinski definition) is 3. The second kappa shape index (κ2) is 5.89. The summed E-state index contributed by atoms with van der Waals surface area (Å²) in [6.45, 7) is 0. The molecule has 4 heteroatoms. The van der Waals surface area contributed by atoms with E-state index in [9.17, 15) is 4.39 Å². The molecule has 2 aromatic rings. The fourth-order valence-corrected chi connectivity index (χ4v) is 2.64. The first kappa shape index (κ1) is 12.2. The number of thioether (sulfide) groups is 1. The maximum absolute atomic E-state index is 13.0. The minimum atomic E-state index is -0.195. The molecule has 0 aliphatic heterocycles. The highest BCUT2D eigenvalue weighted by atomic mass is 32.2. The van der Waals surface area contributed by atoms with Crippen molar-refractivity contribution in [2.24, 2.45) is 0 Å². The van der Waals surface area contributed by atoms with Crippen LogP contribution in [-0.4, -0.2) is 12.8 Å². The average molecular weight is 251 g/mol. The Labute approximate surface area is 104 Å². The average Bonchev–Trinajstić information content (AvgIpc) is 2.84. The van der Waals surface area contributed by atoms with Crippen LogP contribution < -0.4 is 5.32 Å². The Balaban J connectivity index is 1.97. The summed E-state index contributed by atoms with van der Waals surface area (Å²) in [4.78, 5) is 0.939. The van der Waals surface area contributed by atoms with Gasteiger partial charge in [0.15, 0.2) is 0 Å². The smallest absolute Gasteiger partial charge is 0.124 e. The standard InChI is InChI=1S/C13H14FNOS/c1-15-13(10-5-6-16-8-10)9-17-12-4-2-3-11(14)7-12/h2-8,13,15H,9H2,1H3. The van der Waals surface area contributed by atoms with Gasteiger partial charge in [-0.25, -0.2) is 4.39 Å². The van der Waals surface area contributed by atoms with Crippen LogP contribution in [0.25, 0.3) is 0 Å². The van der Waals surface area contributed by atoms with Gasteiger partial charge in [-0.2, -0.15) is 0 Å².